The minimum Gasteiger partial charge on any atom is -0.378 e. The molecule has 3 heterocycles. The highest BCUT2D eigenvalue weighted by atomic mass is 35.5. The third-order valence-electron chi connectivity index (χ3n) is 3.68. The van der Waals surface area contributed by atoms with Gasteiger partial charge in [-0.3, -0.25) is 4.79 Å². The first kappa shape index (κ1) is 18.9. The third kappa shape index (κ3) is 4.25. The zero-order valence-electron chi connectivity index (χ0n) is 13.3. The lowest BCUT2D eigenvalue weighted by molar-refractivity contribution is -0.134. The van der Waals surface area contributed by atoms with Crippen molar-refractivity contribution in [1.29, 1.82) is 0 Å². The first-order valence-corrected chi connectivity index (χ1v) is 8.89. The number of amides is 1. The van der Waals surface area contributed by atoms with Crippen molar-refractivity contribution in [1.82, 2.24) is 15.3 Å². The molecule has 0 bridgehead atoms. The van der Waals surface area contributed by atoms with Crippen LogP contribution < -0.4 is 10.2 Å². The van der Waals surface area contributed by atoms with Gasteiger partial charge < -0.3 is 15.0 Å². The van der Waals surface area contributed by atoms with E-state index in [1.165, 1.54) is 17.6 Å². The van der Waals surface area contributed by atoms with Crippen LogP contribution in [0.4, 0.5) is 19.1 Å². The van der Waals surface area contributed by atoms with E-state index >= 15 is 0 Å². The van der Waals surface area contributed by atoms with Crippen molar-refractivity contribution in [3.8, 4) is 0 Å². The molecule has 1 aliphatic heterocycles. The van der Waals surface area contributed by atoms with Crippen LogP contribution in [-0.2, 0) is 17.5 Å². The Morgan fingerprint density at radius 3 is 2.81 bits per heavy atom. The summed E-state index contributed by atoms with van der Waals surface area (Å²) in [4.78, 5) is 21.7. The third-order valence-corrected chi connectivity index (χ3v) is 4.96. The Morgan fingerprint density at radius 1 is 1.38 bits per heavy atom. The summed E-state index contributed by atoms with van der Waals surface area (Å²) in [5.41, 5.74) is -0.0821. The van der Waals surface area contributed by atoms with Crippen LogP contribution in [0.5, 0.6) is 0 Å². The number of alkyl halides is 3. The van der Waals surface area contributed by atoms with Gasteiger partial charge in [-0.1, -0.05) is 11.6 Å². The van der Waals surface area contributed by atoms with Gasteiger partial charge >= 0.3 is 6.18 Å². The largest absolute Gasteiger partial charge is 0.425 e. The van der Waals surface area contributed by atoms with Gasteiger partial charge in [0, 0.05) is 19.6 Å². The van der Waals surface area contributed by atoms with Crippen LogP contribution in [0.2, 0.25) is 5.02 Å². The lowest BCUT2D eigenvalue weighted by atomic mass is 10.2. The van der Waals surface area contributed by atoms with Gasteiger partial charge in [0.1, 0.15) is 4.88 Å². The molecule has 6 nitrogen and oxygen atoms in total. The quantitative estimate of drug-likeness (QED) is 0.845. The Morgan fingerprint density at radius 2 is 2.12 bits per heavy atom. The van der Waals surface area contributed by atoms with Gasteiger partial charge in [0.15, 0.2) is 5.69 Å². The van der Waals surface area contributed by atoms with Gasteiger partial charge in [-0.25, -0.2) is 9.97 Å². The number of rotatable bonds is 4. The molecule has 2 aromatic heterocycles. The number of morpholine rings is 1. The molecule has 3 rings (SSSR count). The minimum absolute atomic E-state index is 0.00516. The van der Waals surface area contributed by atoms with E-state index in [4.69, 9.17) is 16.3 Å². The predicted molar refractivity (Wildman–Crippen MR) is 90.6 cm³/mol. The summed E-state index contributed by atoms with van der Waals surface area (Å²) in [6.07, 6.45) is -3.15. The molecule has 0 atom stereocenters. The topological polar surface area (TPSA) is 67.4 Å². The van der Waals surface area contributed by atoms with Crippen molar-refractivity contribution in [2.45, 2.75) is 12.7 Å². The van der Waals surface area contributed by atoms with Crippen molar-refractivity contribution >= 4 is 34.8 Å². The van der Waals surface area contributed by atoms with Crippen LogP contribution in [0.1, 0.15) is 20.9 Å². The zero-order valence-corrected chi connectivity index (χ0v) is 14.9. The summed E-state index contributed by atoms with van der Waals surface area (Å²) in [5.74, 6) is -0.333. The number of nitrogens with zero attached hydrogens (tertiary/aromatic N) is 3. The van der Waals surface area contributed by atoms with Crippen LogP contribution in [0.3, 0.4) is 0 Å². The molecule has 1 aliphatic rings. The lowest BCUT2D eigenvalue weighted by Crippen LogP contribution is -2.37. The zero-order chi connectivity index (χ0) is 18.7. The van der Waals surface area contributed by atoms with E-state index in [2.05, 4.69) is 15.3 Å². The Balaban J connectivity index is 1.73. The van der Waals surface area contributed by atoms with Crippen molar-refractivity contribution in [3.63, 3.8) is 0 Å². The Kier molecular flexibility index (Phi) is 5.64. The van der Waals surface area contributed by atoms with Crippen LogP contribution in [0, 0.1) is 0 Å². The Labute approximate surface area is 156 Å². The maximum atomic E-state index is 12.9. The summed E-state index contributed by atoms with van der Waals surface area (Å²) in [6, 6.07) is 1.33. The second kappa shape index (κ2) is 7.77. The average Bonchev–Trinajstić information content (AvgIpc) is 3.10. The van der Waals surface area contributed by atoms with Gasteiger partial charge in [0.25, 0.3) is 5.91 Å². The Bertz CT molecular complexity index is 793. The second-order valence-corrected chi connectivity index (χ2v) is 6.74. The number of ether oxygens (including phenoxy) is 1. The number of thiophene rings is 1. The number of hydrogen-bond acceptors (Lipinski definition) is 6. The van der Waals surface area contributed by atoms with Gasteiger partial charge in [0.2, 0.25) is 5.95 Å². The van der Waals surface area contributed by atoms with E-state index in [1.807, 2.05) is 4.90 Å². The molecule has 11 heteroatoms. The monoisotopic (exact) mass is 406 g/mol. The summed E-state index contributed by atoms with van der Waals surface area (Å²) < 4.78 is 43.9. The number of carbonyl (C=O) groups excluding carboxylic acids is 1. The van der Waals surface area contributed by atoms with Crippen molar-refractivity contribution < 1.29 is 22.7 Å². The number of nitrogens with one attached hydrogen (secondary N) is 1. The summed E-state index contributed by atoms with van der Waals surface area (Å²) in [5, 5.41) is 3.80. The van der Waals surface area contributed by atoms with Crippen LogP contribution in [0.15, 0.2) is 17.6 Å². The van der Waals surface area contributed by atoms with Crippen molar-refractivity contribution in [2.24, 2.45) is 0 Å². The highest BCUT2D eigenvalue weighted by molar-refractivity contribution is 7.10. The fraction of sp³-hybridized carbons (Fsp3) is 0.400. The van der Waals surface area contributed by atoms with Gasteiger partial charge in [-0.2, -0.15) is 13.2 Å². The van der Waals surface area contributed by atoms with Gasteiger partial charge in [-0.05, 0) is 17.0 Å². The number of halogens is 4. The normalized spacial score (nSPS) is 15.2. The number of anilines is 1. The summed E-state index contributed by atoms with van der Waals surface area (Å²) >= 11 is 6.57. The van der Waals surface area contributed by atoms with Crippen LogP contribution in [0.25, 0.3) is 0 Å². The summed E-state index contributed by atoms with van der Waals surface area (Å²) in [6.45, 7) is 1.92. The Hall–Kier alpha value is -1.91. The molecule has 1 amide bonds. The number of aromatic nitrogens is 2. The first-order valence-electron chi connectivity index (χ1n) is 7.63. The van der Waals surface area contributed by atoms with Crippen LogP contribution in [-0.4, -0.2) is 42.2 Å². The molecule has 0 spiro atoms. The van der Waals surface area contributed by atoms with Gasteiger partial charge in [0.05, 0.1) is 24.4 Å². The highest BCUT2D eigenvalue weighted by Crippen LogP contribution is 2.35. The van der Waals surface area contributed by atoms with E-state index in [1.54, 1.807) is 0 Å². The molecule has 0 aliphatic carbocycles. The fourth-order valence-electron chi connectivity index (χ4n) is 2.42. The second-order valence-electron chi connectivity index (χ2n) is 5.42. The van der Waals surface area contributed by atoms with E-state index in [0.29, 0.717) is 43.6 Å². The SMILES string of the molecule is O=C(NCc1ccsc1C(F)(F)F)c1nc(N2CCOCC2)ncc1Cl. The molecule has 0 saturated carbocycles. The van der Waals surface area contributed by atoms with Crippen molar-refractivity contribution in [2.75, 3.05) is 31.2 Å². The van der Waals surface area contributed by atoms with Crippen LogP contribution >= 0.6 is 22.9 Å². The van der Waals surface area contributed by atoms with Gasteiger partial charge in [-0.15, -0.1) is 11.3 Å². The predicted octanol–water partition coefficient (Wildman–Crippen LogP) is 2.98. The standard InChI is InChI=1S/C15H14ClF3N4O2S/c16-10-8-21-14(23-2-4-25-5-3-23)22-11(10)13(24)20-7-9-1-6-26-12(9)15(17,18)19/h1,6,8H,2-5,7H2,(H,20,24). The molecular weight excluding hydrogens is 393 g/mol. The molecule has 1 N–H and O–H groups in total. The van der Waals surface area contributed by atoms with E-state index in [9.17, 15) is 18.0 Å². The maximum absolute atomic E-state index is 12.9. The van der Waals surface area contributed by atoms with Crippen molar-refractivity contribution in [3.05, 3.63) is 38.8 Å². The fourth-order valence-corrected chi connectivity index (χ4v) is 3.39. The minimum atomic E-state index is -4.45. The maximum Gasteiger partial charge on any atom is 0.425 e. The van der Waals surface area contributed by atoms with E-state index in [0.717, 1.165) is 0 Å². The molecule has 0 aromatic carbocycles. The molecule has 1 saturated heterocycles. The molecule has 0 radical (unpaired) electrons. The van der Waals surface area contributed by atoms with E-state index < -0.39 is 17.0 Å². The molecule has 1 fully saturated rings. The number of hydrogen-bond donors (Lipinski definition) is 1. The lowest BCUT2D eigenvalue weighted by Gasteiger charge is -2.26. The molecule has 140 valence electrons. The average molecular weight is 407 g/mol. The number of carbonyl (C=O) groups is 1. The molecule has 2 aromatic rings. The smallest absolute Gasteiger partial charge is 0.378 e. The molecule has 0 unspecified atom stereocenters. The van der Waals surface area contributed by atoms with E-state index in [-0.39, 0.29) is 22.8 Å². The highest BCUT2D eigenvalue weighted by Gasteiger charge is 2.34. The first-order chi connectivity index (χ1) is 12.4. The summed E-state index contributed by atoms with van der Waals surface area (Å²) in [7, 11) is 0. The molecule has 26 heavy (non-hydrogen) atoms. The molecular formula is C15H14ClF3N4O2S.